The van der Waals surface area contributed by atoms with Crippen molar-refractivity contribution in [3.63, 3.8) is 0 Å². The molecule has 0 spiro atoms. The number of nitro groups is 3. The zero-order chi connectivity index (χ0) is 91.6. The molecule has 692 valence electrons. The van der Waals surface area contributed by atoms with Crippen LogP contribution in [0.1, 0.15) is 242 Å². The summed E-state index contributed by atoms with van der Waals surface area (Å²) in [5.74, 6) is 4.23. The quantitative estimate of drug-likeness (QED) is 0.00197. The number of morpholine rings is 3. The molecule has 3 heterocycles. The number of aromatic carboxylic acids is 1. The maximum atomic E-state index is 12.4. The van der Waals surface area contributed by atoms with E-state index in [9.17, 15) is 59.1 Å². The molecule has 3 saturated carbocycles. The van der Waals surface area contributed by atoms with Gasteiger partial charge < -0.3 is 62.7 Å². The van der Waals surface area contributed by atoms with Crippen LogP contribution in [-0.2, 0) is 25.4 Å². The average molecular weight is 1950 g/mol. The van der Waals surface area contributed by atoms with Crippen molar-refractivity contribution >= 4 is 143 Å². The van der Waals surface area contributed by atoms with Gasteiger partial charge in [-0.05, 0) is 192 Å². The molecule has 3 saturated heterocycles. The molecule has 6 aliphatic rings. The van der Waals surface area contributed by atoms with Crippen LogP contribution in [0.15, 0.2) is 109 Å². The predicted molar refractivity (Wildman–Crippen MR) is 509 cm³/mol. The fourth-order valence-electron chi connectivity index (χ4n) is 14.7. The molecule has 6 aromatic rings. The van der Waals surface area contributed by atoms with Crippen LogP contribution in [0.4, 0.5) is 51.2 Å². The van der Waals surface area contributed by atoms with E-state index in [-0.39, 0.29) is 96.6 Å². The molecule has 0 unspecified atom stereocenters. The first-order valence-electron chi connectivity index (χ1n) is 43.5. The molecule has 11 N–H and O–H groups in total. The summed E-state index contributed by atoms with van der Waals surface area (Å²) in [4.78, 5) is 107. The molecule has 6 aromatic carbocycles. The average Bonchev–Trinajstić information content (AvgIpc) is 0.848. The van der Waals surface area contributed by atoms with E-state index in [0.717, 1.165) is 153 Å². The number of nitrogens with one attached hydrogen (secondary N) is 3. The summed E-state index contributed by atoms with van der Waals surface area (Å²) >= 11 is 18.4. The fraction of sp³-hybridized carbons (Fsp3) is 0.505. The van der Waals surface area contributed by atoms with Crippen LogP contribution < -0.4 is 62.7 Å². The maximum Gasteiger partial charge on any atom is 1.00 e. The minimum absolute atomic E-state index is 0. The first kappa shape index (κ1) is 112. The number of ether oxygens (including phenoxy) is 4. The Balaban J connectivity index is 0.000000319. The third-order valence-electron chi connectivity index (χ3n) is 21.8. The molecule has 12 rings (SSSR count). The Morgan fingerprint density at radius 1 is 0.500 bits per heavy atom. The normalized spacial score (nSPS) is 15.2. The van der Waals surface area contributed by atoms with Crippen LogP contribution in [0, 0.1) is 52.5 Å². The Morgan fingerprint density at radius 3 is 1.19 bits per heavy atom. The van der Waals surface area contributed by atoms with Crippen molar-refractivity contribution in [2.24, 2.45) is 0 Å². The number of carbonyl (C=O) groups is 6. The summed E-state index contributed by atoms with van der Waals surface area (Å²) in [7, 11) is 0. The van der Waals surface area contributed by atoms with E-state index in [1.54, 1.807) is 43.3 Å². The topological polar surface area (TPSA) is 443 Å². The van der Waals surface area contributed by atoms with E-state index >= 15 is 0 Å². The molecule has 6 fully saturated rings. The molecule has 0 radical (unpaired) electrons. The number of nitro benzene ring substituents is 3. The summed E-state index contributed by atoms with van der Waals surface area (Å²) in [6.07, 6.45) is 32.1. The van der Waals surface area contributed by atoms with Crippen molar-refractivity contribution in [2.75, 3.05) is 138 Å². The maximum absolute atomic E-state index is 12.4. The smallest absolute Gasteiger partial charge is 0.870 e. The number of Topliss-reactive ketones (excluding diaryl/α,β-unsaturated/α-hetero) is 3. The van der Waals surface area contributed by atoms with Gasteiger partial charge >= 0.3 is 41.5 Å². The number of ketones is 3. The van der Waals surface area contributed by atoms with E-state index in [4.69, 9.17) is 82.5 Å². The predicted octanol–water partition coefficient (Wildman–Crippen LogP) is 16.2. The van der Waals surface area contributed by atoms with Gasteiger partial charge in [-0.3, -0.25) is 64.2 Å². The fourth-order valence-corrected chi connectivity index (χ4v) is 15.4. The Kier molecular flexibility index (Phi) is 55.3. The van der Waals surface area contributed by atoms with Gasteiger partial charge in [-0.15, -0.1) is 12.3 Å². The van der Waals surface area contributed by atoms with Crippen LogP contribution >= 0.6 is 57.4 Å². The van der Waals surface area contributed by atoms with Gasteiger partial charge in [-0.1, -0.05) is 112 Å². The number of anilines is 6. The second-order valence-electron chi connectivity index (χ2n) is 31.1. The van der Waals surface area contributed by atoms with Gasteiger partial charge in [0.1, 0.15) is 10.0 Å². The summed E-state index contributed by atoms with van der Waals surface area (Å²) in [6, 6.07) is 29.9. The summed E-state index contributed by atoms with van der Waals surface area (Å²) in [6.45, 7) is 17.1. The number of hydrogen-bond acceptors (Lipinski definition) is 26. The summed E-state index contributed by atoms with van der Waals surface area (Å²) < 4.78 is 23.7. The standard InChI is InChI=1S/C20H31N3O2.C18H22N2O4.C15H22N2O2.C14H17ClN2O4.C13H18N2O2.C7H3Cl2NO3.C6H9I.Na.H2O/c21-18-15-16(8-9-19(18)22-17-5-2-1-3-6-17)20(24)7-4-10-23-11-13-25-14-12-23;1-2-3-5-15-7-8-16(14-17(15)20(22)23)18(21)6-4-9-19-10-12-24-13-11-19;1-2-19-15(18)11-8-9-14(13(16)10-11)17-12-6-4-3-5-7-12;15-12-4-3-11(10-13(12)17(19)20)14(18)2-1-5-16-6-8-21-9-7-16;14-11-8-9(13(16)17)6-7-12(11)15-10-4-2-1-3-5-10;8-5-2-1-4(7(9)11)3-6(5)10(12)13;1-2-3-4-5-6-7;;/h8-9,15,17,22H,1-7,10-14,21H2;1,7-8,14H,3-6,9-13H2;8-10,12,17H,2-7,16H2,1H3;3-4,10H,1-2,5-9H2;6-8,10,15H,1-5,14H2,(H,16,17);1-3H;2-4H2,1H3;;1H2/q;;;;;;;+1;/p-1. The van der Waals surface area contributed by atoms with Crippen molar-refractivity contribution in [1.82, 2.24) is 14.7 Å². The molecule has 128 heavy (non-hydrogen) atoms. The third-order valence-corrected chi connectivity index (χ3v) is 23.0. The molecule has 0 bridgehead atoms. The zero-order valence-corrected chi connectivity index (χ0v) is 80.2. The van der Waals surface area contributed by atoms with Crippen molar-refractivity contribution in [1.29, 1.82) is 0 Å². The number of rotatable bonds is 32. The number of hydrogen-bond donors (Lipinski definition) is 7. The largest absolute Gasteiger partial charge is 1.00 e. The molecule has 0 amide bonds. The van der Waals surface area contributed by atoms with Crippen LogP contribution in [0.5, 0.6) is 0 Å². The molecule has 35 heteroatoms. The molecular weight excluding hydrogens is 1830 g/mol. The second kappa shape index (κ2) is 63.4. The van der Waals surface area contributed by atoms with Crippen LogP contribution in [0.25, 0.3) is 0 Å². The number of carbonyl (C=O) groups excluding carboxylic acids is 5. The van der Waals surface area contributed by atoms with Crippen molar-refractivity contribution in [2.45, 2.75) is 199 Å². The Morgan fingerprint density at radius 2 is 0.836 bits per heavy atom. The Hall–Kier alpha value is -8.62. The summed E-state index contributed by atoms with van der Waals surface area (Å²) in [5.41, 5.74) is 24.8. The zero-order valence-electron chi connectivity index (χ0n) is 73.8. The van der Waals surface area contributed by atoms with E-state index in [0.29, 0.717) is 96.2 Å². The van der Waals surface area contributed by atoms with Crippen LogP contribution in [0.3, 0.4) is 0 Å². The monoisotopic (exact) mass is 1950 g/mol. The number of esters is 1. The molecule has 3 aliphatic carbocycles. The number of halogens is 4. The molecule has 0 aromatic heterocycles. The Labute approximate surface area is 802 Å². The van der Waals surface area contributed by atoms with Crippen molar-refractivity contribution < 1.29 is 103 Å². The summed E-state index contributed by atoms with van der Waals surface area (Å²) in [5, 5.41) is 50.9. The molecule has 3 aliphatic heterocycles. The first-order chi connectivity index (χ1) is 60.7. The van der Waals surface area contributed by atoms with Crippen molar-refractivity contribution in [3.8, 4) is 22.2 Å². The number of terminal acetylenes is 1. The van der Waals surface area contributed by atoms with Crippen LogP contribution in [-0.4, -0.2) is 198 Å². The van der Waals surface area contributed by atoms with Gasteiger partial charge in [0, 0.05) is 158 Å². The number of nitrogens with zero attached hydrogens (tertiary/aromatic N) is 6. The van der Waals surface area contributed by atoms with Gasteiger partial charge in [0.25, 0.3) is 22.3 Å². The number of nitrogens with two attached hydrogens (primary N) is 3. The van der Waals surface area contributed by atoms with E-state index in [2.05, 4.69) is 75.9 Å². The first-order valence-corrected chi connectivity index (χ1v) is 45.7. The minimum atomic E-state index is -0.944. The van der Waals surface area contributed by atoms with Crippen LogP contribution in [0.2, 0.25) is 10.0 Å². The number of carboxylic acid groups (broad SMARTS) is 1. The SMILES string of the molecule is C#CCCc1ccc(C(=O)CCCN2CCOCC2)cc1[N+](=O)[O-].CCCCC#CI.CCOC(=O)c1ccc(NC2CCCCC2)c(N)c1.Nc1cc(C(=O)CCCN2CCOCC2)ccc1NC1CCCCC1.Nc1cc(C(=O)O)ccc1NC1CCCCC1.O=C(CCCN1CCOCC1)c1ccc(Cl)c([N+](=O)[O-])c1.O=C(Cl)c1ccc(Cl)c([N+](=O)[O-])c1.[Na+].[OH-]. The van der Waals surface area contributed by atoms with Gasteiger partial charge in [-0.25, -0.2) is 9.59 Å². The van der Waals surface area contributed by atoms with Gasteiger partial charge in [0.2, 0.25) is 0 Å². The van der Waals surface area contributed by atoms with E-state index < -0.39 is 26.0 Å². The van der Waals surface area contributed by atoms with Gasteiger partial charge in [0.05, 0.1) is 106 Å². The molecule has 0 atom stereocenters. The number of carboxylic acids is 1. The molecular formula is C93H123Cl3IN12NaO18. The van der Waals surface area contributed by atoms with E-state index in [1.807, 2.05) is 24.3 Å². The number of benzene rings is 6. The number of aryl methyl sites for hydroxylation is 1. The number of nitrogen functional groups attached to an aromatic ring is 3. The number of unbranched alkanes of at least 4 members (excludes halogenated alkanes) is 2. The second-order valence-corrected chi connectivity index (χ2v) is 32.8. The van der Waals surface area contributed by atoms with Gasteiger partial charge in [-0.2, -0.15) is 0 Å². The minimum Gasteiger partial charge on any atom is -0.870 e. The van der Waals surface area contributed by atoms with Gasteiger partial charge in [0.15, 0.2) is 17.3 Å². The Bertz CT molecular complexity index is 4600. The van der Waals surface area contributed by atoms with Crippen molar-refractivity contribution in [3.05, 3.63) is 189 Å². The molecule has 30 nitrogen and oxygen atoms in total. The third kappa shape index (κ3) is 42.1. The van der Waals surface area contributed by atoms with E-state index in [1.165, 1.54) is 152 Å².